The van der Waals surface area contributed by atoms with Gasteiger partial charge in [-0.25, -0.2) is 5.01 Å². The van der Waals surface area contributed by atoms with Crippen molar-refractivity contribution in [3.8, 4) is 5.75 Å². The zero-order valence-electron chi connectivity index (χ0n) is 18.7. The van der Waals surface area contributed by atoms with Crippen LogP contribution in [0.4, 0.5) is 0 Å². The number of hydrazone groups is 1. The highest BCUT2D eigenvalue weighted by molar-refractivity contribution is 6.47. The lowest BCUT2D eigenvalue weighted by Gasteiger charge is -2.35. The quantitative estimate of drug-likeness (QED) is 0.370. The van der Waals surface area contributed by atoms with Gasteiger partial charge in [-0.15, -0.1) is 0 Å². The largest absolute Gasteiger partial charge is 0.496 e. The summed E-state index contributed by atoms with van der Waals surface area (Å²) in [5, 5.41) is 14.8. The molecule has 0 aromatic heterocycles. The minimum absolute atomic E-state index is 0.305. The zero-order valence-corrected chi connectivity index (χ0v) is 18.7. The van der Waals surface area contributed by atoms with Crippen LogP contribution in [0.2, 0.25) is 0 Å². The lowest BCUT2D eigenvalue weighted by atomic mass is 9.83. The highest BCUT2D eigenvalue weighted by Gasteiger charge is 2.30. The Bertz CT molecular complexity index is 986. The van der Waals surface area contributed by atoms with Gasteiger partial charge in [0.05, 0.1) is 18.9 Å². The second-order valence-corrected chi connectivity index (χ2v) is 7.84. The van der Waals surface area contributed by atoms with E-state index in [4.69, 9.17) is 4.74 Å². The maximum atomic E-state index is 13.3. The first-order valence-electron chi connectivity index (χ1n) is 9.74. The van der Waals surface area contributed by atoms with Crippen LogP contribution in [0.15, 0.2) is 41.5 Å². The van der Waals surface area contributed by atoms with E-state index in [0.717, 1.165) is 7.48 Å². The van der Waals surface area contributed by atoms with E-state index in [-0.39, 0.29) is 0 Å². The first kappa shape index (κ1) is 23.9. The van der Waals surface area contributed by atoms with E-state index in [1.165, 1.54) is 18.3 Å². The van der Waals surface area contributed by atoms with Gasteiger partial charge < -0.3 is 15.2 Å². The van der Waals surface area contributed by atoms with Gasteiger partial charge in [0, 0.05) is 23.7 Å². The number of nitrogens with one attached hydrogen (secondary N) is 2. The van der Waals surface area contributed by atoms with Crippen LogP contribution in [-0.4, -0.2) is 55.2 Å². The molecule has 2 rings (SSSR count). The molecular weight excluding hydrogens is 395 g/mol. The summed E-state index contributed by atoms with van der Waals surface area (Å²) in [5.74, 6) is -0.253. The van der Waals surface area contributed by atoms with Crippen molar-refractivity contribution in [1.82, 2.24) is 15.9 Å². The third-order valence-corrected chi connectivity index (χ3v) is 4.64. The number of hydrogen-bond acceptors (Lipinski definition) is 6. The summed E-state index contributed by atoms with van der Waals surface area (Å²) in [6.07, 6.45) is 1.53. The molecular formula is C22H28BN4O4. The Balaban J connectivity index is 2.38. The Morgan fingerprint density at radius 2 is 1.94 bits per heavy atom. The number of hydrazine groups is 1. The van der Waals surface area contributed by atoms with E-state index in [2.05, 4.69) is 16.0 Å². The topological polar surface area (TPSA) is 103 Å². The molecule has 0 aliphatic heterocycles. The molecule has 2 amide bonds. The average Bonchev–Trinajstić information content (AvgIpc) is 2.74. The molecule has 0 aliphatic rings. The Labute approximate surface area is 183 Å². The average molecular weight is 423 g/mol. The van der Waals surface area contributed by atoms with Gasteiger partial charge in [0.1, 0.15) is 5.75 Å². The summed E-state index contributed by atoms with van der Waals surface area (Å²) < 4.78 is 5.29. The third kappa shape index (κ3) is 5.64. The molecule has 163 valence electrons. The highest BCUT2D eigenvalue weighted by atomic mass is 16.5. The van der Waals surface area contributed by atoms with E-state index >= 15 is 0 Å². The van der Waals surface area contributed by atoms with Crippen molar-refractivity contribution in [1.29, 1.82) is 0 Å². The first-order chi connectivity index (χ1) is 14.6. The van der Waals surface area contributed by atoms with E-state index in [0.29, 0.717) is 33.5 Å². The molecule has 3 N–H and O–H groups in total. The molecule has 0 heterocycles. The van der Waals surface area contributed by atoms with E-state index in [1.54, 1.807) is 50.4 Å². The van der Waals surface area contributed by atoms with Crippen molar-refractivity contribution in [3.63, 3.8) is 0 Å². The maximum absolute atomic E-state index is 13.3. The molecule has 0 spiro atoms. The van der Waals surface area contributed by atoms with Crippen LogP contribution < -0.4 is 21.1 Å². The molecule has 0 bridgehead atoms. The van der Waals surface area contributed by atoms with E-state index < -0.39 is 17.4 Å². The van der Waals surface area contributed by atoms with Gasteiger partial charge in [0.25, 0.3) is 11.8 Å². The third-order valence-electron chi connectivity index (χ3n) is 4.64. The summed E-state index contributed by atoms with van der Waals surface area (Å²) in [5.41, 5.74) is 7.10. The summed E-state index contributed by atoms with van der Waals surface area (Å²) in [6, 6.07) is 10.00. The molecule has 0 saturated carbocycles. The molecule has 31 heavy (non-hydrogen) atoms. The van der Waals surface area contributed by atoms with Crippen LogP contribution in [0, 0.1) is 6.92 Å². The number of rotatable bonds is 6. The minimum atomic E-state index is -0.713. The Kier molecular flexibility index (Phi) is 7.82. The molecule has 2 aromatic carbocycles. The smallest absolute Gasteiger partial charge is 0.327 e. The van der Waals surface area contributed by atoms with Crippen molar-refractivity contribution in [2.24, 2.45) is 5.10 Å². The number of methoxy groups -OCH3 is 1. The molecule has 0 unspecified atom stereocenters. The van der Waals surface area contributed by atoms with Crippen LogP contribution >= 0.6 is 0 Å². The second-order valence-electron chi connectivity index (χ2n) is 7.84. The summed E-state index contributed by atoms with van der Waals surface area (Å²) >= 11 is 0. The molecule has 0 saturated heterocycles. The van der Waals surface area contributed by atoms with Crippen molar-refractivity contribution >= 4 is 31.0 Å². The standard InChI is InChI=1S/C22H28BN4O4/c1-14-17(8-7-9-19(14)31-6)20(28)26-27(22(2,3)4)21(29)15-10-11-16(13-25-24-5)18(12-15)23-30/h7-13,24,30H,1-6H3,(H,26,28)/b25-13-. The summed E-state index contributed by atoms with van der Waals surface area (Å²) in [4.78, 5) is 26.3. The fraction of sp³-hybridized carbons (Fsp3) is 0.318. The van der Waals surface area contributed by atoms with Crippen molar-refractivity contribution in [2.45, 2.75) is 33.2 Å². The number of carbonyl (C=O) groups is 2. The fourth-order valence-electron chi connectivity index (χ4n) is 2.97. The van der Waals surface area contributed by atoms with Crippen LogP contribution in [0.1, 0.15) is 52.6 Å². The van der Waals surface area contributed by atoms with Gasteiger partial charge in [-0.05, 0) is 56.9 Å². The lowest BCUT2D eigenvalue weighted by Crippen LogP contribution is -2.56. The molecule has 1 radical (unpaired) electrons. The number of hydrogen-bond donors (Lipinski definition) is 3. The molecule has 0 atom stereocenters. The highest BCUT2D eigenvalue weighted by Crippen LogP contribution is 2.22. The van der Waals surface area contributed by atoms with Crippen LogP contribution in [0.3, 0.4) is 0 Å². The van der Waals surface area contributed by atoms with Crippen molar-refractivity contribution < 1.29 is 19.3 Å². The van der Waals surface area contributed by atoms with Crippen molar-refractivity contribution in [2.75, 3.05) is 14.2 Å². The monoisotopic (exact) mass is 423 g/mol. The molecule has 9 heteroatoms. The normalized spacial score (nSPS) is 11.2. The SMILES string of the molecule is CN/N=C\c1ccc(C(=O)N(NC(=O)c2cccc(OC)c2C)C(C)(C)C)cc1[B]O. The van der Waals surface area contributed by atoms with Crippen molar-refractivity contribution in [3.05, 3.63) is 58.7 Å². The van der Waals surface area contributed by atoms with E-state index in [9.17, 15) is 14.6 Å². The Hall–Kier alpha value is -3.33. The van der Waals surface area contributed by atoms with Gasteiger partial charge >= 0.3 is 7.48 Å². The number of nitrogens with zero attached hydrogens (tertiary/aromatic N) is 2. The van der Waals surface area contributed by atoms with Crippen LogP contribution in [0.5, 0.6) is 5.75 Å². The molecule has 8 nitrogen and oxygen atoms in total. The van der Waals surface area contributed by atoms with E-state index in [1.807, 2.05) is 20.8 Å². The predicted octanol–water partition coefficient (Wildman–Crippen LogP) is 1.38. The number of benzene rings is 2. The summed E-state index contributed by atoms with van der Waals surface area (Å²) in [7, 11) is 4.10. The second kappa shape index (κ2) is 10.1. The fourth-order valence-corrected chi connectivity index (χ4v) is 2.97. The van der Waals surface area contributed by atoms with Gasteiger partial charge in [-0.2, -0.15) is 5.10 Å². The van der Waals surface area contributed by atoms with Gasteiger partial charge in [-0.3, -0.25) is 15.0 Å². The predicted molar refractivity (Wildman–Crippen MR) is 122 cm³/mol. The Morgan fingerprint density at radius 3 is 2.52 bits per heavy atom. The Morgan fingerprint density at radius 1 is 1.23 bits per heavy atom. The number of amides is 2. The van der Waals surface area contributed by atoms with Crippen LogP contribution in [0.25, 0.3) is 0 Å². The number of ether oxygens (including phenoxy) is 1. The minimum Gasteiger partial charge on any atom is -0.496 e. The molecule has 0 fully saturated rings. The number of carbonyl (C=O) groups excluding carboxylic acids is 2. The maximum Gasteiger partial charge on any atom is 0.327 e. The molecule has 2 aromatic rings. The summed E-state index contributed by atoms with van der Waals surface area (Å²) in [6.45, 7) is 7.23. The van der Waals surface area contributed by atoms with Gasteiger partial charge in [-0.1, -0.05) is 18.2 Å². The van der Waals surface area contributed by atoms with Crippen LogP contribution in [-0.2, 0) is 0 Å². The van der Waals surface area contributed by atoms with Gasteiger partial charge in [0.2, 0.25) is 0 Å². The first-order valence-corrected chi connectivity index (χ1v) is 9.74. The lowest BCUT2D eigenvalue weighted by molar-refractivity contribution is 0.0358. The zero-order chi connectivity index (χ0) is 23.2. The van der Waals surface area contributed by atoms with Gasteiger partial charge in [0.15, 0.2) is 0 Å². The molecule has 0 aliphatic carbocycles.